The molecule has 1 atom stereocenters. The van der Waals surface area contributed by atoms with Crippen LogP contribution in [0.1, 0.15) is 37.8 Å². The SMILES string of the molecule is COC(=O)C1=C(C)Nc2ncnn2C1c1ccc(OCC(=O)N2CCCCC2)c(OC)c1. The predicted octanol–water partition coefficient (Wildman–Crippen LogP) is 2.14. The summed E-state index contributed by atoms with van der Waals surface area (Å²) in [4.78, 5) is 31.1. The van der Waals surface area contributed by atoms with E-state index >= 15 is 0 Å². The van der Waals surface area contributed by atoms with E-state index in [0.29, 0.717) is 28.7 Å². The number of ether oxygens (including phenoxy) is 3. The largest absolute Gasteiger partial charge is 0.493 e. The van der Waals surface area contributed by atoms with Gasteiger partial charge in [-0.1, -0.05) is 6.07 Å². The molecule has 1 amide bonds. The molecule has 4 rings (SSSR count). The third kappa shape index (κ3) is 4.12. The van der Waals surface area contributed by atoms with Crippen molar-refractivity contribution in [2.75, 3.05) is 39.2 Å². The van der Waals surface area contributed by atoms with Crippen molar-refractivity contribution < 1.29 is 23.8 Å². The molecule has 0 saturated carbocycles. The summed E-state index contributed by atoms with van der Waals surface area (Å²) in [5, 5.41) is 7.36. The smallest absolute Gasteiger partial charge is 0.338 e. The number of carbonyl (C=O) groups excluding carboxylic acids is 2. The van der Waals surface area contributed by atoms with Gasteiger partial charge in [0.2, 0.25) is 5.95 Å². The minimum Gasteiger partial charge on any atom is -0.493 e. The first-order valence-corrected chi connectivity index (χ1v) is 10.6. The van der Waals surface area contributed by atoms with Crippen molar-refractivity contribution in [2.45, 2.75) is 32.2 Å². The second-order valence-electron chi connectivity index (χ2n) is 7.73. The van der Waals surface area contributed by atoms with E-state index < -0.39 is 12.0 Å². The second kappa shape index (κ2) is 9.29. The van der Waals surface area contributed by atoms with Crippen LogP contribution in [0.3, 0.4) is 0 Å². The van der Waals surface area contributed by atoms with Crippen LogP contribution in [0.5, 0.6) is 11.5 Å². The lowest BCUT2D eigenvalue weighted by atomic mass is 9.95. The molecule has 2 aliphatic rings. The average Bonchev–Trinajstić information content (AvgIpc) is 3.29. The summed E-state index contributed by atoms with van der Waals surface area (Å²) in [6.07, 6.45) is 4.63. The third-order valence-corrected chi connectivity index (χ3v) is 5.76. The Morgan fingerprint density at radius 1 is 1.16 bits per heavy atom. The van der Waals surface area contributed by atoms with Gasteiger partial charge in [0, 0.05) is 18.8 Å². The number of likely N-dealkylation sites (tertiary alicyclic amines) is 1. The molecular weight excluding hydrogens is 414 g/mol. The number of hydrogen-bond donors (Lipinski definition) is 1. The Balaban J connectivity index is 1.60. The van der Waals surface area contributed by atoms with Crippen LogP contribution in [0.25, 0.3) is 0 Å². The van der Waals surface area contributed by atoms with Crippen molar-refractivity contribution in [2.24, 2.45) is 0 Å². The zero-order chi connectivity index (χ0) is 22.7. The van der Waals surface area contributed by atoms with Gasteiger partial charge < -0.3 is 24.4 Å². The fourth-order valence-electron chi connectivity index (χ4n) is 4.12. The number of nitrogens with one attached hydrogen (secondary N) is 1. The Labute approximate surface area is 186 Å². The number of fused-ring (bicyclic) bond motifs is 1. The van der Waals surface area contributed by atoms with Crippen molar-refractivity contribution in [3.05, 3.63) is 41.4 Å². The third-order valence-electron chi connectivity index (χ3n) is 5.76. The molecule has 3 heterocycles. The van der Waals surface area contributed by atoms with Gasteiger partial charge in [0.15, 0.2) is 18.1 Å². The van der Waals surface area contributed by atoms with E-state index in [1.165, 1.54) is 20.5 Å². The fourth-order valence-corrected chi connectivity index (χ4v) is 4.12. The van der Waals surface area contributed by atoms with Crippen LogP contribution >= 0.6 is 0 Å². The summed E-state index contributed by atoms with van der Waals surface area (Å²) in [6, 6.07) is 4.78. The van der Waals surface area contributed by atoms with Crippen molar-refractivity contribution >= 4 is 17.8 Å². The van der Waals surface area contributed by atoms with Crippen molar-refractivity contribution in [1.82, 2.24) is 19.7 Å². The van der Waals surface area contributed by atoms with E-state index in [-0.39, 0.29) is 12.5 Å². The lowest BCUT2D eigenvalue weighted by molar-refractivity contribution is -0.136. The highest BCUT2D eigenvalue weighted by molar-refractivity contribution is 5.92. The Bertz CT molecular complexity index is 1040. The number of nitrogens with zero attached hydrogens (tertiary/aromatic N) is 4. The van der Waals surface area contributed by atoms with E-state index in [2.05, 4.69) is 15.4 Å². The van der Waals surface area contributed by atoms with Crippen LogP contribution in [0.4, 0.5) is 5.95 Å². The molecule has 0 bridgehead atoms. The van der Waals surface area contributed by atoms with E-state index in [1.54, 1.807) is 23.7 Å². The molecule has 10 nitrogen and oxygen atoms in total. The summed E-state index contributed by atoms with van der Waals surface area (Å²) in [6.45, 7) is 3.29. The molecule has 1 aromatic heterocycles. The van der Waals surface area contributed by atoms with Crippen LogP contribution in [0.15, 0.2) is 35.8 Å². The van der Waals surface area contributed by atoms with E-state index in [4.69, 9.17) is 14.2 Å². The first kappa shape index (κ1) is 21.7. The second-order valence-corrected chi connectivity index (χ2v) is 7.73. The number of benzene rings is 1. The van der Waals surface area contributed by atoms with Crippen molar-refractivity contribution in [3.63, 3.8) is 0 Å². The van der Waals surface area contributed by atoms with Gasteiger partial charge in [-0.3, -0.25) is 4.79 Å². The average molecular weight is 441 g/mol. The number of anilines is 1. The fraction of sp³-hybridized carbons (Fsp3) is 0.455. The number of hydrogen-bond acceptors (Lipinski definition) is 8. The maximum absolute atomic E-state index is 12.6. The Hall–Kier alpha value is -3.56. The minimum atomic E-state index is -0.556. The molecule has 1 fully saturated rings. The zero-order valence-corrected chi connectivity index (χ0v) is 18.5. The van der Waals surface area contributed by atoms with Gasteiger partial charge in [-0.2, -0.15) is 10.1 Å². The number of aromatic nitrogens is 3. The van der Waals surface area contributed by atoms with Crippen molar-refractivity contribution in [1.29, 1.82) is 0 Å². The summed E-state index contributed by atoms with van der Waals surface area (Å²) >= 11 is 0. The molecule has 1 aromatic carbocycles. The Kier molecular flexibility index (Phi) is 6.29. The van der Waals surface area contributed by atoms with Crippen LogP contribution in [0, 0.1) is 0 Å². The molecule has 32 heavy (non-hydrogen) atoms. The Morgan fingerprint density at radius 2 is 1.94 bits per heavy atom. The molecule has 1 N–H and O–H groups in total. The molecule has 10 heteroatoms. The molecular formula is C22H27N5O5. The summed E-state index contributed by atoms with van der Waals surface area (Å²) < 4.78 is 17.9. The summed E-state index contributed by atoms with van der Waals surface area (Å²) in [5.74, 6) is 0.929. The highest BCUT2D eigenvalue weighted by Gasteiger charge is 2.34. The molecule has 0 aliphatic carbocycles. The molecule has 2 aromatic rings. The quantitative estimate of drug-likeness (QED) is 0.680. The standard InChI is InChI=1S/C22H27N5O5/c1-14-19(21(29)31-3)20(27-22(25-14)23-13-24-27)15-7-8-16(17(11-15)30-2)32-12-18(28)26-9-5-4-6-10-26/h7-8,11,13,20H,4-6,9-10,12H2,1-3H3,(H,23,24,25). The number of piperidine rings is 1. The number of rotatable bonds is 6. The van der Waals surface area contributed by atoms with Crippen LogP contribution in [0.2, 0.25) is 0 Å². The Morgan fingerprint density at radius 3 is 2.66 bits per heavy atom. The zero-order valence-electron chi connectivity index (χ0n) is 18.5. The van der Waals surface area contributed by atoms with Gasteiger partial charge in [0.25, 0.3) is 5.91 Å². The minimum absolute atomic E-state index is 0.0343. The number of carbonyl (C=O) groups is 2. The number of allylic oxidation sites excluding steroid dienone is 1. The van der Waals surface area contributed by atoms with E-state index in [0.717, 1.165) is 37.9 Å². The monoisotopic (exact) mass is 441 g/mol. The van der Waals surface area contributed by atoms with Gasteiger partial charge in [0.1, 0.15) is 12.4 Å². The topological polar surface area (TPSA) is 108 Å². The predicted molar refractivity (Wildman–Crippen MR) is 115 cm³/mol. The molecule has 0 spiro atoms. The molecule has 0 radical (unpaired) electrons. The van der Waals surface area contributed by atoms with Crippen LogP contribution in [-0.4, -0.2) is 65.5 Å². The first-order valence-electron chi connectivity index (χ1n) is 10.6. The molecule has 2 aliphatic heterocycles. The van der Waals surface area contributed by atoms with Gasteiger partial charge in [0.05, 0.1) is 19.8 Å². The van der Waals surface area contributed by atoms with Gasteiger partial charge >= 0.3 is 5.97 Å². The highest BCUT2D eigenvalue weighted by Crippen LogP contribution is 2.38. The lowest BCUT2D eigenvalue weighted by Gasteiger charge is -2.28. The van der Waals surface area contributed by atoms with E-state index in [9.17, 15) is 9.59 Å². The number of esters is 1. The number of amides is 1. The lowest BCUT2D eigenvalue weighted by Crippen LogP contribution is -2.38. The number of methoxy groups -OCH3 is 2. The maximum Gasteiger partial charge on any atom is 0.338 e. The van der Waals surface area contributed by atoms with Gasteiger partial charge in [-0.25, -0.2) is 9.48 Å². The summed E-state index contributed by atoms with van der Waals surface area (Å²) in [7, 11) is 2.87. The first-order chi connectivity index (χ1) is 15.5. The van der Waals surface area contributed by atoms with Gasteiger partial charge in [-0.15, -0.1) is 0 Å². The summed E-state index contributed by atoms with van der Waals surface area (Å²) in [5.41, 5.74) is 1.79. The molecule has 1 saturated heterocycles. The van der Waals surface area contributed by atoms with Crippen LogP contribution in [-0.2, 0) is 14.3 Å². The molecule has 170 valence electrons. The maximum atomic E-state index is 12.6. The molecule has 1 unspecified atom stereocenters. The van der Waals surface area contributed by atoms with Crippen molar-refractivity contribution in [3.8, 4) is 11.5 Å². The van der Waals surface area contributed by atoms with Crippen LogP contribution < -0.4 is 14.8 Å². The normalized spacial score (nSPS) is 18.0. The highest BCUT2D eigenvalue weighted by atomic mass is 16.5. The van der Waals surface area contributed by atoms with Gasteiger partial charge in [-0.05, 0) is 43.9 Å². The van der Waals surface area contributed by atoms with E-state index in [1.807, 2.05) is 11.0 Å².